The average Bonchev–Trinajstić information content (AvgIpc) is 2.75. The maximum atomic E-state index is 12.8. The predicted molar refractivity (Wildman–Crippen MR) is 94.1 cm³/mol. The van der Waals surface area contributed by atoms with Crippen molar-refractivity contribution in [2.75, 3.05) is 4.90 Å². The number of aliphatic hydroxyl groups excluding tert-OH is 1. The highest BCUT2D eigenvalue weighted by Crippen LogP contribution is 2.34. The summed E-state index contributed by atoms with van der Waals surface area (Å²) in [5.74, 6) is -1.84. The molecule has 0 bridgehead atoms. The monoisotopic (exact) mass is 341 g/mol. The number of halogens is 1. The van der Waals surface area contributed by atoms with E-state index in [1.54, 1.807) is 30.3 Å². The molecular weight excluding hydrogens is 326 g/mol. The lowest BCUT2D eigenvalue weighted by molar-refractivity contribution is -0.121. The quantitative estimate of drug-likeness (QED) is 0.836. The molecule has 24 heavy (non-hydrogen) atoms. The van der Waals surface area contributed by atoms with Gasteiger partial charge >= 0.3 is 5.91 Å². The van der Waals surface area contributed by atoms with Gasteiger partial charge in [0.1, 0.15) is 0 Å². The van der Waals surface area contributed by atoms with Gasteiger partial charge in [-0.2, -0.15) is 0 Å². The van der Waals surface area contributed by atoms with Crippen molar-refractivity contribution in [1.82, 2.24) is 0 Å². The van der Waals surface area contributed by atoms with Crippen LogP contribution in [0, 0.1) is 20.8 Å². The van der Waals surface area contributed by atoms with E-state index < -0.39 is 17.6 Å². The van der Waals surface area contributed by atoms with Gasteiger partial charge in [-0.1, -0.05) is 35.9 Å². The molecule has 3 rings (SSSR count). The van der Waals surface area contributed by atoms with Gasteiger partial charge in [0, 0.05) is 5.02 Å². The second-order valence-electron chi connectivity index (χ2n) is 5.90. The maximum absolute atomic E-state index is 12.8. The number of hydrogen-bond acceptors (Lipinski definition) is 3. The van der Waals surface area contributed by atoms with E-state index in [2.05, 4.69) is 0 Å². The Kier molecular flexibility index (Phi) is 3.93. The fourth-order valence-corrected chi connectivity index (χ4v) is 2.81. The third kappa shape index (κ3) is 2.49. The van der Waals surface area contributed by atoms with E-state index in [9.17, 15) is 14.7 Å². The topological polar surface area (TPSA) is 57.6 Å². The first-order chi connectivity index (χ1) is 11.3. The number of carbonyl (C=O) groups is 2. The molecule has 0 radical (unpaired) electrons. The average molecular weight is 342 g/mol. The summed E-state index contributed by atoms with van der Waals surface area (Å²) in [6, 6.07) is 10.3. The molecule has 1 aliphatic rings. The first kappa shape index (κ1) is 16.3. The van der Waals surface area contributed by atoms with Crippen molar-refractivity contribution in [1.29, 1.82) is 0 Å². The molecule has 0 fully saturated rings. The smallest absolute Gasteiger partial charge is 0.301 e. The summed E-state index contributed by atoms with van der Waals surface area (Å²) in [4.78, 5) is 26.1. The van der Waals surface area contributed by atoms with Gasteiger partial charge < -0.3 is 5.11 Å². The summed E-state index contributed by atoms with van der Waals surface area (Å²) in [5, 5.41) is 10.7. The van der Waals surface area contributed by atoms with Crippen molar-refractivity contribution in [2.24, 2.45) is 0 Å². The molecule has 1 aliphatic heterocycles. The molecule has 122 valence electrons. The molecule has 0 saturated heterocycles. The van der Waals surface area contributed by atoms with E-state index >= 15 is 0 Å². The van der Waals surface area contributed by atoms with Crippen LogP contribution in [0.15, 0.2) is 42.2 Å². The summed E-state index contributed by atoms with van der Waals surface area (Å²) >= 11 is 6.09. The minimum absolute atomic E-state index is 0.0137. The molecule has 0 unspecified atom stereocenters. The molecule has 0 spiro atoms. The molecule has 0 saturated carbocycles. The minimum Gasteiger partial charge on any atom is -0.502 e. The van der Waals surface area contributed by atoms with Crippen LogP contribution < -0.4 is 4.90 Å². The predicted octanol–water partition coefficient (Wildman–Crippen LogP) is 4.11. The van der Waals surface area contributed by atoms with Crippen molar-refractivity contribution in [2.45, 2.75) is 20.8 Å². The first-order valence-electron chi connectivity index (χ1n) is 7.47. The van der Waals surface area contributed by atoms with Gasteiger partial charge in [-0.25, -0.2) is 4.90 Å². The Hall–Kier alpha value is -2.59. The number of amides is 2. The van der Waals surface area contributed by atoms with Gasteiger partial charge in [-0.05, 0) is 55.2 Å². The second kappa shape index (κ2) is 5.80. The third-order valence-corrected chi connectivity index (χ3v) is 4.68. The van der Waals surface area contributed by atoms with Gasteiger partial charge in [-0.15, -0.1) is 0 Å². The fraction of sp³-hybridized carbons (Fsp3) is 0.158. The lowest BCUT2D eigenvalue weighted by Crippen LogP contribution is -2.31. The zero-order valence-electron chi connectivity index (χ0n) is 13.6. The number of hydrogen-bond donors (Lipinski definition) is 1. The number of aliphatic hydroxyl groups is 1. The zero-order chi connectivity index (χ0) is 17.6. The molecule has 2 aromatic carbocycles. The Balaban J connectivity index is 2.07. The van der Waals surface area contributed by atoms with E-state index in [4.69, 9.17) is 11.6 Å². The molecular formula is C19H16ClNO3. The third-order valence-electron chi connectivity index (χ3n) is 4.27. The highest BCUT2D eigenvalue weighted by Gasteiger charge is 2.40. The van der Waals surface area contributed by atoms with E-state index in [1.165, 1.54) is 0 Å². The Morgan fingerprint density at radius 1 is 0.875 bits per heavy atom. The van der Waals surface area contributed by atoms with Crippen LogP contribution in [0.4, 0.5) is 5.69 Å². The standard InChI is InChI=1S/C19H16ClNO3/c1-10-4-6-13(8-12(10)3)16-17(22)19(24)21(18(16)23)14-7-5-11(2)15(20)9-14/h4-9,22H,1-3H3. The highest BCUT2D eigenvalue weighted by atomic mass is 35.5. The van der Waals surface area contributed by atoms with Crippen molar-refractivity contribution in [3.05, 3.63) is 69.4 Å². The van der Waals surface area contributed by atoms with Gasteiger partial charge in [-0.3, -0.25) is 9.59 Å². The van der Waals surface area contributed by atoms with E-state index in [1.807, 2.05) is 26.8 Å². The molecule has 0 aliphatic carbocycles. The molecule has 1 N–H and O–H groups in total. The molecule has 5 heteroatoms. The molecule has 0 aromatic heterocycles. The lowest BCUT2D eigenvalue weighted by atomic mass is 10.00. The van der Waals surface area contributed by atoms with Crippen molar-refractivity contribution >= 4 is 34.7 Å². The lowest BCUT2D eigenvalue weighted by Gasteiger charge is -2.15. The summed E-state index contributed by atoms with van der Waals surface area (Å²) in [5.41, 5.74) is 3.76. The second-order valence-corrected chi connectivity index (χ2v) is 6.31. The molecule has 4 nitrogen and oxygen atoms in total. The Morgan fingerprint density at radius 2 is 1.54 bits per heavy atom. The van der Waals surface area contributed by atoms with E-state index in [0.29, 0.717) is 16.3 Å². The number of aryl methyl sites for hydroxylation is 3. The molecule has 2 aromatic rings. The summed E-state index contributed by atoms with van der Waals surface area (Å²) in [6.45, 7) is 5.70. The number of anilines is 1. The number of benzene rings is 2. The number of nitrogens with zero attached hydrogens (tertiary/aromatic N) is 1. The van der Waals surface area contributed by atoms with Gasteiger partial charge in [0.25, 0.3) is 5.91 Å². The Bertz CT molecular complexity index is 915. The van der Waals surface area contributed by atoms with Crippen LogP contribution in [0.25, 0.3) is 5.57 Å². The zero-order valence-corrected chi connectivity index (χ0v) is 14.3. The summed E-state index contributed by atoms with van der Waals surface area (Å²) in [6.07, 6.45) is 0. The van der Waals surface area contributed by atoms with Crippen LogP contribution in [0.5, 0.6) is 0 Å². The SMILES string of the molecule is Cc1ccc(C2=C(O)C(=O)N(c3ccc(C)c(Cl)c3)C2=O)cc1C. The number of rotatable bonds is 2. The van der Waals surface area contributed by atoms with Gasteiger partial charge in [0.15, 0.2) is 5.76 Å². The van der Waals surface area contributed by atoms with Crippen molar-refractivity contribution in [3.8, 4) is 0 Å². The van der Waals surface area contributed by atoms with Crippen LogP contribution in [0.2, 0.25) is 5.02 Å². The molecule has 2 amide bonds. The Labute approximate surface area is 145 Å². The summed E-state index contributed by atoms with van der Waals surface area (Å²) in [7, 11) is 0. The van der Waals surface area contributed by atoms with Crippen LogP contribution in [-0.4, -0.2) is 16.9 Å². The van der Waals surface area contributed by atoms with Gasteiger partial charge in [0.05, 0.1) is 11.3 Å². The largest absolute Gasteiger partial charge is 0.502 e. The van der Waals surface area contributed by atoms with Gasteiger partial charge in [0.2, 0.25) is 0 Å². The van der Waals surface area contributed by atoms with Crippen LogP contribution >= 0.6 is 11.6 Å². The Morgan fingerprint density at radius 3 is 2.17 bits per heavy atom. The number of imide groups is 1. The first-order valence-corrected chi connectivity index (χ1v) is 7.85. The fourth-order valence-electron chi connectivity index (χ4n) is 2.63. The molecule has 1 heterocycles. The van der Waals surface area contributed by atoms with Crippen molar-refractivity contribution < 1.29 is 14.7 Å². The van der Waals surface area contributed by atoms with Crippen LogP contribution in [-0.2, 0) is 9.59 Å². The van der Waals surface area contributed by atoms with E-state index in [-0.39, 0.29) is 5.57 Å². The normalized spacial score (nSPS) is 14.8. The molecule has 0 atom stereocenters. The van der Waals surface area contributed by atoms with E-state index in [0.717, 1.165) is 21.6 Å². The van der Waals surface area contributed by atoms with Crippen LogP contribution in [0.3, 0.4) is 0 Å². The highest BCUT2D eigenvalue weighted by molar-refractivity contribution is 6.45. The minimum atomic E-state index is -0.742. The number of carbonyl (C=O) groups excluding carboxylic acids is 2. The van der Waals surface area contributed by atoms with Crippen LogP contribution in [0.1, 0.15) is 22.3 Å². The summed E-state index contributed by atoms with van der Waals surface area (Å²) < 4.78 is 0. The van der Waals surface area contributed by atoms with Crippen molar-refractivity contribution in [3.63, 3.8) is 0 Å². The maximum Gasteiger partial charge on any atom is 0.301 e.